The molecule has 2 nitrogen and oxygen atoms in total. The Labute approximate surface area is 99.0 Å². The van der Waals surface area contributed by atoms with E-state index in [1.54, 1.807) is 6.08 Å². The molecule has 0 spiro atoms. The largest absolute Gasteiger partial charge is 0.464 e. The predicted octanol–water partition coefficient (Wildman–Crippen LogP) is 3.26. The van der Waals surface area contributed by atoms with E-state index in [1.807, 2.05) is 18.2 Å². The smallest absolute Gasteiger partial charge is 0.293 e. The van der Waals surface area contributed by atoms with E-state index in [9.17, 15) is 4.79 Å². The van der Waals surface area contributed by atoms with Gasteiger partial charge in [-0.2, -0.15) is 0 Å². The molecule has 0 amide bonds. The molecule has 0 rings (SSSR count). The molecule has 0 aromatic heterocycles. The second-order valence-electron chi connectivity index (χ2n) is 3.73. The van der Waals surface area contributed by atoms with Crippen LogP contribution in [0.1, 0.15) is 0 Å². The van der Waals surface area contributed by atoms with Crippen LogP contribution < -0.4 is 0 Å². The summed E-state index contributed by atoms with van der Waals surface area (Å²) in [6.45, 7) is 15.6. The Hall–Kier alpha value is -1.35. The maximum Gasteiger partial charge on any atom is 0.293 e. The molecule has 0 N–H and O–H groups in total. The minimum atomic E-state index is -1.87. The van der Waals surface area contributed by atoms with E-state index in [-0.39, 0.29) is 5.73 Å². The third-order valence-electron chi connectivity index (χ3n) is 2.67. The van der Waals surface area contributed by atoms with E-state index in [1.165, 1.54) is 0 Å². The van der Waals surface area contributed by atoms with E-state index >= 15 is 0 Å². The fourth-order valence-corrected chi connectivity index (χ4v) is 5.74. The van der Waals surface area contributed by atoms with Gasteiger partial charge in [-0.25, -0.2) is 0 Å². The van der Waals surface area contributed by atoms with E-state index in [0.29, 0.717) is 6.47 Å². The standard InChI is InChI=1S/C13H20O2Si/c1-5-9-16(10-6-2,11-7-3)13(8-4)15-12-14/h5-8,12-13H,1-4,9-11H2. The Morgan fingerprint density at radius 1 is 1.00 bits per heavy atom. The first-order valence-electron chi connectivity index (χ1n) is 5.25. The lowest BCUT2D eigenvalue weighted by Crippen LogP contribution is -2.46. The molecule has 1 atom stereocenters. The first-order valence-corrected chi connectivity index (χ1v) is 7.95. The van der Waals surface area contributed by atoms with Crippen molar-refractivity contribution in [3.63, 3.8) is 0 Å². The highest BCUT2D eigenvalue weighted by molar-refractivity contribution is 6.82. The topological polar surface area (TPSA) is 26.3 Å². The lowest BCUT2D eigenvalue weighted by atomic mass is 10.7. The summed E-state index contributed by atoms with van der Waals surface area (Å²) < 4.78 is 5.13. The number of rotatable bonds is 10. The van der Waals surface area contributed by atoms with Crippen LogP contribution in [0.25, 0.3) is 0 Å². The zero-order valence-electron chi connectivity index (χ0n) is 9.73. The van der Waals surface area contributed by atoms with Gasteiger partial charge in [0.1, 0.15) is 13.8 Å². The molecule has 88 valence electrons. The SMILES string of the molecule is C=CC[Si](CC=C)(CC=C)C(C=C)OC=O. The fraction of sp³-hybridized carbons (Fsp3) is 0.308. The van der Waals surface area contributed by atoms with E-state index in [4.69, 9.17) is 4.74 Å². The molecule has 3 heteroatoms. The van der Waals surface area contributed by atoms with Crippen molar-refractivity contribution in [3.8, 4) is 0 Å². The van der Waals surface area contributed by atoms with Crippen LogP contribution in [-0.2, 0) is 9.53 Å². The van der Waals surface area contributed by atoms with Crippen molar-refractivity contribution in [3.05, 3.63) is 50.6 Å². The average molecular weight is 236 g/mol. The van der Waals surface area contributed by atoms with E-state index < -0.39 is 8.07 Å². The Morgan fingerprint density at radius 2 is 1.44 bits per heavy atom. The average Bonchev–Trinajstić information content (AvgIpc) is 2.26. The van der Waals surface area contributed by atoms with E-state index in [0.717, 1.165) is 18.1 Å². The summed E-state index contributed by atoms with van der Waals surface area (Å²) in [4.78, 5) is 10.5. The van der Waals surface area contributed by atoms with Crippen molar-refractivity contribution in [2.75, 3.05) is 0 Å². The maximum absolute atomic E-state index is 10.5. The second kappa shape index (κ2) is 7.88. The maximum atomic E-state index is 10.5. The van der Waals surface area contributed by atoms with Gasteiger partial charge in [-0.15, -0.1) is 19.7 Å². The number of allylic oxidation sites excluding steroid dienone is 3. The summed E-state index contributed by atoms with van der Waals surface area (Å²) in [6, 6.07) is 2.57. The molecule has 0 aromatic rings. The van der Waals surface area contributed by atoms with Gasteiger partial charge >= 0.3 is 0 Å². The molecule has 0 heterocycles. The van der Waals surface area contributed by atoms with Gasteiger partial charge < -0.3 is 4.74 Å². The Balaban J connectivity index is 5.13. The molecule has 0 saturated carbocycles. The third-order valence-corrected chi connectivity index (χ3v) is 7.56. The van der Waals surface area contributed by atoms with Gasteiger partial charge in [0.2, 0.25) is 0 Å². The first-order chi connectivity index (χ1) is 7.70. The molecular formula is C13H20O2Si. The molecule has 0 saturated heterocycles. The van der Waals surface area contributed by atoms with Crippen LogP contribution >= 0.6 is 0 Å². The highest BCUT2D eigenvalue weighted by Crippen LogP contribution is 2.28. The van der Waals surface area contributed by atoms with Gasteiger partial charge in [0.05, 0.1) is 0 Å². The molecule has 16 heavy (non-hydrogen) atoms. The van der Waals surface area contributed by atoms with Crippen molar-refractivity contribution in [1.29, 1.82) is 0 Å². The van der Waals surface area contributed by atoms with Crippen LogP contribution in [0.5, 0.6) is 0 Å². The van der Waals surface area contributed by atoms with Crippen LogP contribution in [-0.4, -0.2) is 20.3 Å². The number of hydrogen-bond acceptors (Lipinski definition) is 2. The summed E-state index contributed by atoms with van der Waals surface area (Å²) in [6.07, 6.45) is 7.34. The van der Waals surface area contributed by atoms with Crippen molar-refractivity contribution in [1.82, 2.24) is 0 Å². The first kappa shape index (κ1) is 14.6. The van der Waals surface area contributed by atoms with Crippen molar-refractivity contribution < 1.29 is 9.53 Å². The predicted molar refractivity (Wildman–Crippen MR) is 71.9 cm³/mol. The lowest BCUT2D eigenvalue weighted by molar-refractivity contribution is -0.129. The molecule has 0 fully saturated rings. The van der Waals surface area contributed by atoms with Crippen molar-refractivity contribution in [2.45, 2.75) is 23.9 Å². The van der Waals surface area contributed by atoms with Gasteiger partial charge in [-0.3, -0.25) is 4.79 Å². The second-order valence-corrected chi connectivity index (χ2v) is 8.25. The molecule has 1 unspecified atom stereocenters. The van der Waals surface area contributed by atoms with Gasteiger partial charge in [-0.05, 0) is 18.1 Å². The highest BCUT2D eigenvalue weighted by atomic mass is 28.3. The fourth-order valence-electron chi connectivity index (χ4n) is 1.97. The summed E-state index contributed by atoms with van der Waals surface area (Å²) in [5.41, 5.74) is -0.209. The van der Waals surface area contributed by atoms with Crippen molar-refractivity contribution in [2.24, 2.45) is 0 Å². The molecule has 0 aromatic carbocycles. The van der Waals surface area contributed by atoms with E-state index in [2.05, 4.69) is 26.3 Å². The minimum absolute atomic E-state index is 0.209. The summed E-state index contributed by atoms with van der Waals surface area (Å²) in [5.74, 6) is 0. The van der Waals surface area contributed by atoms with Crippen LogP contribution in [0.4, 0.5) is 0 Å². The molecule has 0 aliphatic heterocycles. The lowest BCUT2D eigenvalue weighted by Gasteiger charge is -2.33. The molecule has 0 bridgehead atoms. The molecular weight excluding hydrogens is 216 g/mol. The number of carbonyl (C=O) groups is 1. The van der Waals surface area contributed by atoms with Crippen LogP contribution in [0, 0.1) is 0 Å². The monoisotopic (exact) mass is 236 g/mol. The minimum Gasteiger partial charge on any atom is -0.464 e. The van der Waals surface area contributed by atoms with Gasteiger partial charge in [-0.1, -0.05) is 30.9 Å². The van der Waals surface area contributed by atoms with Crippen LogP contribution in [0.2, 0.25) is 18.1 Å². The third kappa shape index (κ3) is 3.66. The number of ether oxygens (including phenoxy) is 1. The highest BCUT2D eigenvalue weighted by Gasteiger charge is 2.38. The normalized spacial score (nSPS) is 12.2. The quantitative estimate of drug-likeness (QED) is 0.330. The summed E-state index contributed by atoms with van der Waals surface area (Å²) in [5, 5.41) is 0. The summed E-state index contributed by atoms with van der Waals surface area (Å²) >= 11 is 0. The van der Waals surface area contributed by atoms with Gasteiger partial charge in [0.15, 0.2) is 0 Å². The Bertz CT molecular complexity index is 245. The Morgan fingerprint density at radius 3 is 1.69 bits per heavy atom. The molecule has 0 radical (unpaired) electrons. The van der Waals surface area contributed by atoms with Gasteiger partial charge in [0.25, 0.3) is 6.47 Å². The number of hydrogen-bond donors (Lipinski definition) is 0. The van der Waals surface area contributed by atoms with Crippen LogP contribution in [0.3, 0.4) is 0 Å². The van der Waals surface area contributed by atoms with Crippen LogP contribution in [0.15, 0.2) is 50.6 Å². The van der Waals surface area contributed by atoms with Gasteiger partial charge in [0, 0.05) is 0 Å². The summed E-state index contributed by atoms with van der Waals surface area (Å²) in [7, 11) is -1.87. The Kier molecular flexibility index (Phi) is 7.21. The molecule has 0 aliphatic rings. The molecule has 0 aliphatic carbocycles. The van der Waals surface area contributed by atoms with Crippen molar-refractivity contribution >= 4 is 14.5 Å². The zero-order chi connectivity index (χ0) is 12.4. The zero-order valence-corrected chi connectivity index (χ0v) is 10.7. The number of carbonyl (C=O) groups excluding carboxylic acids is 1.